The third kappa shape index (κ3) is 5.08. The molecule has 0 N–H and O–H groups in total. The fourth-order valence-corrected chi connectivity index (χ4v) is 3.56. The summed E-state index contributed by atoms with van der Waals surface area (Å²) in [7, 11) is 0. The van der Waals surface area contributed by atoms with Crippen LogP contribution in [0.1, 0.15) is 32.8 Å². The summed E-state index contributed by atoms with van der Waals surface area (Å²) in [6, 6.07) is 9.91. The van der Waals surface area contributed by atoms with Crippen LogP contribution in [-0.4, -0.2) is 60.1 Å². The number of hydrogen-bond donors (Lipinski definition) is 0. The van der Waals surface area contributed by atoms with Gasteiger partial charge in [0.25, 0.3) is 5.91 Å². The summed E-state index contributed by atoms with van der Waals surface area (Å²) < 4.78 is 5.41. The van der Waals surface area contributed by atoms with Gasteiger partial charge in [0.1, 0.15) is 17.2 Å². The Bertz CT molecular complexity index is 842. The molecule has 0 aromatic heterocycles. The van der Waals surface area contributed by atoms with Gasteiger partial charge in [-0.3, -0.25) is 4.79 Å². The summed E-state index contributed by atoms with van der Waals surface area (Å²) in [5.41, 5.74) is 1.61. The first-order valence-corrected chi connectivity index (χ1v) is 10.0. The number of para-hydroxylation sites is 1. The van der Waals surface area contributed by atoms with E-state index < -0.39 is 5.60 Å². The highest BCUT2D eigenvalue weighted by Gasteiger charge is 2.28. The number of aryl methyl sites for hydroxylation is 1. The van der Waals surface area contributed by atoms with Gasteiger partial charge in [0, 0.05) is 44.6 Å². The molecule has 2 aliphatic heterocycles. The molecule has 2 amide bonds. The average molecular weight is 396 g/mol. The van der Waals surface area contributed by atoms with Crippen LogP contribution < -0.4 is 4.90 Å². The minimum absolute atomic E-state index is 0.118. The number of nitriles is 1. The first-order valence-electron chi connectivity index (χ1n) is 10.0. The normalized spacial score (nSPS) is 17.4. The van der Waals surface area contributed by atoms with Gasteiger partial charge in [-0.15, -0.1) is 0 Å². The van der Waals surface area contributed by atoms with Crippen LogP contribution >= 0.6 is 0 Å². The van der Waals surface area contributed by atoms with E-state index in [1.807, 2.05) is 49.9 Å². The topological polar surface area (TPSA) is 76.9 Å². The SMILES string of the molecule is CC(C)(C)OC(=O)N1CCN(/C=C(/C#N)C(=O)N2CCCc3ccccc32)CC1. The lowest BCUT2D eigenvalue weighted by atomic mass is 10.0. The summed E-state index contributed by atoms with van der Waals surface area (Å²) in [6.07, 6.45) is 3.13. The van der Waals surface area contributed by atoms with Crippen molar-refractivity contribution in [1.82, 2.24) is 9.80 Å². The van der Waals surface area contributed by atoms with E-state index in [0.29, 0.717) is 32.7 Å². The number of fused-ring (bicyclic) bond motifs is 1. The lowest BCUT2D eigenvalue weighted by molar-refractivity contribution is -0.115. The van der Waals surface area contributed by atoms with Crippen molar-refractivity contribution in [1.29, 1.82) is 5.26 Å². The maximum Gasteiger partial charge on any atom is 0.410 e. The van der Waals surface area contributed by atoms with Crippen LogP contribution in [0, 0.1) is 11.3 Å². The highest BCUT2D eigenvalue weighted by molar-refractivity contribution is 6.08. The molecule has 0 aliphatic carbocycles. The highest BCUT2D eigenvalue weighted by atomic mass is 16.6. The number of amides is 2. The van der Waals surface area contributed by atoms with E-state index in [9.17, 15) is 14.9 Å². The van der Waals surface area contributed by atoms with E-state index in [1.54, 1.807) is 16.0 Å². The van der Waals surface area contributed by atoms with E-state index in [2.05, 4.69) is 6.07 Å². The molecular formula is C22H28N4O3. The number of piperazine rings is 1. The average Bonchev–Trinajstić information content (AvgIpc) is 2.70. The first-order chi connectivity index (χ1) is 13.8. The molecule has 0 radical (unpaired) electrons. The van der Waals surface area contributed by atoms with Crippen LogP contribution in [0.4, 0.5) is 10.5 Å². The molecule has 0 spiro atoms. The Hall–Kier alpha value is -3.01. The van der Waals surface area contributed by atoms with Crippen LogP contribution in [0.2, 0.25) is 0 Å². The summed E-state index contributed by atoms with van der Waals surface area (Å²) in [5, 5.41) is 9.60. The van der Waals surface area contributed by atoms with E-state index >= 15 is 0 Å². The molecule has 0 unspecified atom stereocenters. The van der Waals surface area contributed by atoms with Gasteiger partial charge >= 0.3 is 6.09 Å². The predicted octanol–water partition coefficient (Wildman–Crippen LogP) is 2.93. The third-order valence-corrected chi connectivity index (χ3v) is 4.98. The quantitative estimate of drug-likeness (QED) is 0.567. The Morgan fingerprint density at radius 1 is 1.10 bits per heavy atom. The maximum atomic E-state index is 13.0. The van der Waals surface area contributed by atoms with E-state index in [-0.39, 0.29) is 17.6 Å². The molecule has 3 rings (SSSR count). The zero-order chi connectivity index (χ0) is 21.0. The van der Waals surface area contributed by atoms with Crippen molar-refractivity contribution in [3.05, 3.63) is 41.6 Å². The van der Waals surface area contributed by atoms with Gasteiger partial charge in [-0.1, -0.05) is 18.2 Å². The number of hydrogen-bond acceptors (Lipinski definition) is 5. The van der Waals surface area contributed by atoms with Crippen LogP contribution in [-0.2, 0) is 16.0 Å². The van der Waals surface area contributed by atoms with Crippen molar-refractivity contribution in [2.45, 2.75) is 39.2 Å². The lowest BCUT2D eigenvalue weighted by Gasteiger charge is -2.35. The second-order valence-electron chi connectivity index (χ2n) is 8.35. The minimum Gasteiger partial charge on any atom is -0.444 e. The van der Waals surface area contributed by atoms with E-state index in [1.165, 1.54) is 0 Å². The summed E-state index contributed by atoms with van der Waals surface area (Å²) in [6.45, 7) is 8.22. The van der Waals surface area contributed by atoms with Crippen molar-refractivity contribution in [2.24, 2.45) is 0 Å². The number of carbonyl (C=O) groups excluding carboxylic acids is 2. The zero-order valence-corrected chi connectivity index (χ0v) is 17.4. The predicted molar refractivity (Wildman–Crippen MR) is 110 cm³/mol. The molecule has 1 fully saturated rings. The van der Waals surface area contributed by atoms with Gasteiger partial charge in [0.15, 0.2) is 0 Å². The van der Waals surface area contributed by atoms with Gasteiger partial charge < -0.3 is 19.4 Å². The van der Waals surface area contributed by atoms with Gasteiger partial charge in [-0.05, 0) is 45.2 Å². The molecule has 1 aromatic rings. The van der Waals surface area contributed by atoms with Crippen molar-refractivity contribution in [3.63, 3.8) is 0 Å². The Balaban J connectivity index is 1.65. The number of rotatable bonds is 2. The van der Waals surface area contributed by atoms with Crippen LogP contribution in [0.15, 0.2) is 36.0 Å². The summed E-state index contributed by atoms with van der Waals surface area (Å²) in [4.78, 5) is 30.5. The number of benzene rings is 1. The smallest absolute Gasteiger partial charge is 0.410 e. The molecule has 1 saturated heterocycles. The largest absolute Gasteiger partial charge is 0.444 e. The van der Waals surface area contributed by atoms with Gasteiger partial charge in [0.05, 0.1) is 0 Å². The first kappa shape index (κ1) is 20.7. The number of nitrogens with zero attached hydrogens (tertiary/aromatic N) is 4. The minimum atomic E-state index is -0.529. The Kier molecular flexibility index (Phi) is 6.12. The van der Waals surface area contributed by atoms with E-state index in [4.69, 9.17) is 4.74 Å². The molecule has 29 heavy (non-hydrogen) atoms. The van der Waals surface area contributed by atoms with Crippen LogP contribution in [0.3, 0.4) is 0 Å². The molecule has 154 valence electrons. The fourth-order valence-electron chi connectivity index (χ4n) is 3.56. The van der Waals surface area contributed by atoms with Crippen molar-refractivity contribution in [3.8, 4) is 6.07 Å². The molecule has 1 aromatic carbocycles. The van der Waals surface area contributed by atoms with Crippen molar-refractivity contribution in [2.75, 3.05) is 37.6 Å². The van der Waals surface area contributed by atoms with Gasteiger partial charge in [-0.25, -0.2) is 4.79 Å². The van der Waals surface area contributed by atoms with Crippen LogP contribution in [0.5, 0.6) is 0 Å². The Morgan fingerprint density at radius 3 is 2.45 bits per heavy atom. The number of anilines is 1. The van der Waals surface area contributed by atoms with Crippen molar-refractivity contribution >= 4 is 17.7 Å². The number of carbonyl (C=O) groups is 2. The zero-order valence-electron chi connectivity index (χ0n) is 17.4. The summed E-state index contributed by atoms with van der Waals surface area (Å²) >= 11 is 0. The molecular weight excluding hydrogens is 368 g/mol. The van der Waals surface area contributed by atoms with Crippen LogP contribution in [0.25, 0.3) is 0 Å². The summed E-state index contributed by atoms with van der Waals surface area (Å²) in [5.74, 6) is -0.269. The molecule has 2 heterocycles. The molecule has 2 aliphatic rings. The monoisotopic (exact) mass is 396 g/mol. The molecule has 0 saturated carbocycles. The Morgan fingerprint density at radius 2 is 1.79 bits per heavy atom. The standard InChI is InChI=1S/C22H28N4O3/c1-22(2,3)29-21(28)25-13-11-24(12-14-25)16-18(15-23)20(27)26-10-6-8-17-7-4-5-9-19(17)26/h4-5,7,9,16H,6,8,10-14H2,1-3H3/b18-16-. The molecule has 7 nitrogen and oxygen atoms in total. The van der Waals surface area contributed by atoms with Gasteiger partial charge in [0.2, 0.25) is 0 Å². The molecule has 0 atom stereocenters. The highest BCUT2D eigenvalue weighted by Crippen LogP contribution is 2.28. The third-order valence-electron chi connectivity index (χ3n) is 4.98. The second-order valence-corrected chi connectivity index (χ2v) is 8.35. The second kappa shape index (κ2) is 8.56. The lowest BCUT2D eigenvalue weighted by Crippen LogP contribution is -2.48. The fraction of sp³-hybridized carbons (Fsp3) is 0.500. The maximum absolute atomic E-state index is 13.0. The number of ether oxygens (including phenoxy) is 1. The van der Waals surface area contributed by atoms with Crippen molar-refractivity contribution < 1.29 is 14.3 Å². The molecule has 0 bridgehead atoms. The van der Waals surface area contributed by atoms with E-state index in [0.717, 1.165) is 24.1 Å². The molecule has 7 heteroatoms. The Labute approximate surface area is 172 Å². The van der Waals surface area contributed by atoms with Gasteiger partial charge in [-0.2, -0.15) is 5.26 Å².